The lowest BCUT2D eigenvalue weighted by molar-refractivity contribution is -0.118. The first-order valence-electron chi connectivity index (χ1n) is 6.36. The first-order valence-corrected chi connectivity index (χ1v) is 6.36. The predicted octanol–water partition coefficient (Wildman–Crippen LogP) is 3.19. The smallest absolute Gasteiger partial charge is 0.262 e. The second-order valence-corrected chi connectivity index (χ2v) is 4.43. The van der Waals surface area contributed by atoms with Crippen molar-refractivity contribution < 1.29 is 9.53 Å². The molecule has 0 fully saturated rings. The second-order valence-electron chi connectivity index (χ2n) is 4.43. The number of hydrogen-bond donors (Lipinski definition) is 2. The van der Waals surface area contributed by atoms with Gasteiger partial charge in [0.15, 0.2) is 6.61 Å². The van der Waals surface area contributed by atoms with Crippen LogP contribution in [-0.2, 0) is 4.79 Å². The van der Waals surface area contributed by atoms with Gasteiger partial charge in [-0.05, 0) is 36.4 Å². The lowest BCUT2D eigenvalue weighted by Crippen LogP contribution is -2.20. The summed E-state index contributed by atoms with van der Waals surface area (Å²) in [4.78, 5) is 14.9. The van der Waals surface area contributed by atoms with Crippen molar-refractivity contribution in [1.82, 2.24) is 4.98 Å². The Bertz CT molecular complexity index is 719. The summed E-state index contributed by atoms with van der Waals surface area (Å²) >= 11 is 0. The van der Waals surface area contributed by atoms with E-state index in [1.807, 2.05) is 60.8 Å². The molecule has 0 aliphatic rings. The van der Waals surface area contributed by atoms with Crippen molar-refractivity contribution in [2.24, 2.45) is 0 Å². The van der Waals surface area contributed by atoms with Crippen molar-refractivity contribution in [2.75, 3.05) is 11.9 Å². The fourth-order valence-corrected chi connectivity index (χ4v) is 1.99. The number of carbonyl (C=O) groups excluding carboxylic acids is 1. The van der Waals surface area contributed by atoms with E-state index >= 15 is 0 Å². The molecule has 0 radical (unpaired) electrons. The maximum atomic E-state index is 11.8. The van der Waals surface area contributed by atoms with Crippen LogP contribution in [0.2, 0.25) is 0 Å². The summed E-state index contributed by atoms with van der Waals surface area (Å²) in [5.74, 6) is 0.507. The average molecular weight is 266 g/mol. The van der Waals surface area contributed by atoms with E-state index in [4.69, 9.17) is 4.74 Å². The number of hydrogen-bond acceptors (Lipinski definition) is 2. The number of nitrogens with one attached hydrogen (secondary N) is 2. The molecule has 20 heavy (non-hydrogen) atoms. The highest BCUT2D eigenvalue weighted by molar-refractivity contribution is 5.94. The number of rotatable bonds is 4. The first kappa shape index (κ1) is 12.3. The minimum Gasteiger partial charge on any atom is -0.484 e. The second kappa shape index (κ2) is 5.48. The number of anilines is 1. The fourth-order valence-electron chi connectivity index (χ4n) is 1.99. The van der Waals surface area contributed by atoms with Crippen LogP contribution in [0.4, 0.5) is 5.69 Å². The summed E-state index contributed by atoms with van der Waals surface area (Å²) < 4.78 is 5.39. The van der Waals surface area contributed by atoms with Crippen LogP contribution in [0.15, 0.2) is 60.8 Å². The molecule has 0 aliphatic carbocycles. The Morgan fingerprint density at radius 1 is 1.10 bits per heavy atom. The van der Waals surface area contributed by atoms with Crippen LogP contribution >= 0.6 is 0 Å². The third-order valence-electron chi connectivity index (χ3n) is 2.95. The maximum absolute atomic E-state index is 11.8. The molecular formula is C16H14N2O2. The monoisotopic (exact) mass is 266 g/mol. The van der Waals surface area contributed by atoms with E-state index in [0.29, 0.717) is 5.75 Å². The number of amides is 1. The van der Waals surface area contributed by atoms with Crippen molar-refractivity contribution in [1.29, 1.82) is 0 Å². The summed E-state index contributed by atoms with van der Waals surface area (Å²) in [6, 6.07) is 17.0. The molecule has 4 nitrogen and oxygen atoms in total. The molecule has 0 saturated carbocycles. The van der Waals surface area contributed by atoms with Gasteiger partial charge in [-0.25, -0.2) is 0 Å². The number of carbonyl (C=O) groups is 1. The number of ether oxygens (including phenoxy) is 1. The minimum absolute atomic E-state index is 0.00477. The predicted molar refractivity (Wildman–Crippen MR) is 78.9 cm³/mol. The Kier molecular flexibility index (Phi) is 3.37. The van der Waals surface area contributed by atoms with Crippen molar-refractivity contribution in [3.05, 3.63) is 60.8 Å². The Hall–Kier alpha value is -2.75. The number of aromatic amines is 1. The van der Waals surface area contributed by atoms with Crippen molar-refractivity contribution in [3.63, 3.8) is 0 Å². The summed E-state index contributed by atoms with van der Waals surface area (Å²) in [7, 11) is 0. The third kappa shape index (κ3) is 2.80. The molecule has 3 rings (SSSR count). The number of benzene rings is 2. The van der Waals surface area contributed by atoms with Crippen LogP contribution < -0.4 is 10.1 Å². The van der Waals surface area contributed by atoms with E-state index in [9.17, 15) is 4.79 Å². The van der Waals surface area contributed by atoms with E-state index in [0.717, 1.165) is 16.6 Å². The van der Waals surface area contributed by atoms with Gasteiger partial charge in [0.25, 0.3) is 5.91 Å². The van der Waals surface area contributed by atoms with Gasteiger partial charge in [0.2, 0.25) is 0 Å². The number of fused-ring (bicyclic) bond motifs is 1. The molecule has 0 atom stereocenters. The van der Waals surface area contributed by atoms with E-state index in [1.165, 1.54) is 0 Å². The summed E-state index contributed by atoms with van der Waals surface area (Å²) in [6.45, 7) is -0.00477. The number of H-pyrrole nitrogens is 1. The minimum atomic E-state index is -0.177. The average Bonchev–Trinajstić information content (AvgIpc) is 2.94. The van der Waals surface area contributed by atoms with Crippen LogP contribution in [0.1, 0.15) is 0 Å². The SMILES string of the molecule is O=C(COc1ccccc1)Nc1ccc2[nH]ccc2c1. The Balaban J connectivity index is 1.61. The van der Waals surface area contributed by atoms with Gasteiger partial charge in [0.05, 0.1) is 0 Å². The van der Waals surface area contributed by atoms with Gasteiger partial charge in [0.1, 0.15) is 5.75 Å². The quantitative estimate of drug-likeness (QED) is 0.762. The van der Waals surface area contributed by atoms with Gasteiger partial charge in [0, 0.05) is 22.8 Å². The Morgan fingerprint density at radius 3 is 2.80 bits per heavy atom. The third-order valence-corrected chi connectivity index (χ3v) is 2.95. The van der Waals surface area contributed by atoms with Gasteiger partial charge in [-0.3, -0.25) is 4.79 Å². The molecule has 3 aromatic rings. The molecule has 0 spiro atoms. The fraction of sp³-hybridized carbons (Fsp3) is 0.0625. The standard InChI is InChI=1S/C16H14N2O2/c19-16(11-20-14-4-2-1-3-5-14)18-13-6-7-15-12(10-13)8-9-17-15/h1-10,17H,11H2,(H,18,19). The van der Waals surface area contributed by atoms with Crippen LogP contribution in [0.3, 0.4) is 0 Å². The normalized spacial score (nSPS) is 10.4. The number of aromatic nitrogens is 1. The highest BCUT2D eigenvalue weighted by Gasteiger charge is 2.04. The molecule has 2 aromatic carbocycles. The highest BCUT2D eigenvalue weighted by Crippen LogP contribution is 2.17. The molecule has 1 amide bonds. The molecule has 0 bridgehead atoms. The molecule has 0 aliphatic heterocycles. The molecule has 0 unspecified atom stereocenters. The van der Waals surface area contributed by atoms with Crippen molar-refractivity contribution >= 4 is 22.5 Å². The van der Waals surface area contributed by atoms with Crippen molar-refractivity contribution in [3.8, 4) is 5.75 Å². The molecular weight excluding hydrogens is 252 g/mol. The van der Waals surface area contributed by atoms with E-state index in [1.54, 1.807) is 0 Å². The molecule has 4 heteroatoms. The van der Waals surface area contributed by atoms with E-state index in [2.05, 4.69) is 10.3 Å². The highest BCUT2D eigenvalue weighted by atomic mass is 16.5. The zero-order valence-corrected chi connectivity index (χ0v) is 10.8. The summed E-state index contributed by atoms with van der Waals surface area (Å²) in [5, 5.41) is 3.88. The van der Waals surface area contributed by atoms with Crippen LogP contribution in [0, 0.1) is 0 Å². The van der Waals surface area contributed by atoms with Gasteiger partial charge in [-0.1, -0.05) is 18.2 Å². The zero-order chi connectivity index (χ0) is 13.8. The van der Waals surface area contributed by atoms with Crippen molar-refractivity contribution in [2.45, 2.75) is 0 Å². The van der Waals surface area contributed by atoms with Gasteiger partial charge < -0.3 is 15.0 Å². The van der Waals surface area contributed by atoms with Crippen LogP contribution in [0.25, 0.3) is 10.9 Å². The topological polar surface area (TPSA) is 54.1 Å². The molecule has 1 heterocycles. The lowest BCUT2D eigenvalue weighted by Gasteiger charge is -2.07. The summed E-state index contributed by atoms with van der Waals surface area (Å²) in [6.07, 6.45) is 1.87. The molecule has 100 valence electrons. The van der Waals surface area contributed by atoms with Gasteiger partial charge >= 0.3 is 0 Å². The Morgan fingerprint density at radius 2 is 1.95 bits per heavy atom. The summed E-state index contributed by atoms with van der Waals surface area (Å²) in [5.41, 5.74) is 1.81. The van der Waals surface area contributed by atoms with E-state index < -0.39 is 0 Å². The lowest BCUT2D eigenvalue weighted by atomic mass is 10.2. The maximum Gasteiger partial charge on any atom is 0.262 e. The van der Waals surface area contributed by atoms with Gasteiger partial charge in [-0.15, -0.1) is 0 Å². The molecule has 0 saturated heterocycles. The van der Waals surface area contributed by atoms with E-state index in [-0.39, 0.29) is 12.5 Å². The zero-order valence-electron chi connectivity index (χ0n) is 10.8. The van der Waals surface area contributed by atoms with Crippen LogP contribution in [-0.4, -0.2) is 17.5 Å². The molecule has 2 N–H and O–H groups in total. The Labute approximate surface area is 116 Å². The first-order chi connectivity index (χ1) is 9.81. The van der Waals surface area contributed by atoms with Crippen LogP contribution in [0.5, 0.6) is 5.75 Å². The largest absolute Gasteiger partial charge is 0.484 e. The van der Waals surface area contributed by atoms with Gasteiger partial charge in [-0.2, -0.15) is 0 Å². The number of para-hydroxylation sites is 1. The molecule has 1 aromatic heterocycles.